The van der Waals surface area contributed by atoms with E-state index in [1.165, 1.54) is 17.0 Å². The number of ether oxygens (including phenoxy) is 2. The lowest BCUT2D eigenvalue weighted by Gasteiger charge is -2.34. The van der Waals surface area contributed by atoms with Crippen LogP contribution in [0.15, 0.2) is 103 Å². The van der Waals surface area contributed by atoms with Crippen LogP contribution in [0.5, 0.6) is 11.6 Å². The second-order valence-corrected chi connectivity index (χ2v) is 14.4. The molecule has 308 valence electrons. The zero-order valence-electron chi connectivity index (χ0n) is 32.2. The Morgan fingerprint density at radius 2 is 1.59 bits per heavy atom. The highest BCUT2D eigenvalue weighted by molar-refractivity contribution is 5.99. The number of carbonyl (C=O) groups is 2. The van der Waals surface area contributed by atoms with E-state index < -0.39 is 36.1 Å². The second-order valence-electron chi connectivity index (χ2n) is 14.4. The van der Waals surface area contributed by atoms with Crippen molar-refractivity contribution in [2.75, 3.05) is 62.3 Å². The SMILES string of the molecule is CN1CCN(Cc2ccc(NC(=O)Nc3ccc(Oc4ncccc4-c4ccnc(N[C@H]5C[C@H](F)CN(C(=O)OCc6ccccc6)C5)n4)cc3)cc2C(F)(F)F)CC1. The molecule has 3 N–H and O–H groups in total. The summed E-state index contributed by atoms with van der Waals surface area (Å²) in [5.41, 5.74) is 1.56. The standard InChI is InChI=1S/C42H43F4N9O4/c1-53-18-20-54(21-19-53)24-29-9-10-32(23-36(29)42(44,45)46)51-40(56)50-31-11-13-34(14-12-31)59-38-35(8-5-16-47-38)37-15-17-48-39(52-37)49-33-22-30(43)25-55(26-33)41(57)58-27-28-6-3-2-4-7-28/h2-17,23,30,33H,18-22,24-27H2,1H3,(H,48,49,52)(H2,50,51,56)/t30-,33-/m0/s1. The quantitative estimate of drug-likeness (QED) is 0.113. The molecule has 7 rings (SSSR count). The van der Waals surface area contributed by atoms with Crippen molar-refractivity contribution in [1.82, 2.24) is 29.7 Å². The van der Waals surface area contributed by atoms with E-state index in [-0.39, 0.29) is 55.7 Å². The molecule has 2 aliphatic heterocycles. The summed E-state index contributed by atoms with van der Waals surface area (Å²) in [7, 11) is 1.98. The number of hydrogen-bond donors (Lipinski definition) is 3. The van der Waals surface area contributed by atoms with Gasteiger partial charge in [0.2, 0.25) is 11.8 Å². The predicted octanol–water partition coefficient (Wildman–Crippen LogP) is 7.90. The summed E-state index contributed by atoms with van der Waals surface area (Å²) in [6.07, 6.45) is -3.23. The number of likely N-dealkylation sites (tertiary alicyclic amines) is 1. The van der Waals surface area contributed by atoms with Crippen LogP contribution in [0.25, 0.3) is 11.3 Å². The van der Waals surface area contributed by atoms with E-state index in [0.717, 1.165) is 24.7 Å². The van der Waals surface area contributed by atoms with Gasteiger partial charge in [0.25, 0.3) is 0 Å². The van der Waals surface area contributed by atoms with Crippen LogP contribution >= 0.6 is 0 Å². The van der Waals surface area contributed by atoms with Crippen LogP contribution in [0, 0.1) is 0 Å². The largest absolute Gasteiger partial charge is 0.445 e. The molecule has 0 aliphatic carbocycles. The van der Waals surface area contributed by atoms with Gasteiger partial charge in [-0.2, -0.15) is 13.2 Å². The van der Waals surface area contributed by atoms with E-state index in [0.29, 0.717) is 35.8 Å². The van der Waals surface area contributed by atoms with Gasteiger partial charge in [-0.25, -0.2) is 28.9 Å². The van der Waals surface area contributed by atoms with E-state index >= 15 is 0 Å². The van der Waals surface area contributed by atoms with Crippen LogP contribution in [0.3, 0.4) is 0 Å². The number of halogens is 4. The lowest BCUT2D eigenvalue weighted by molar-refractivity contribution is -0.138. The number of urea groups is 1. The Morgan fingerprint density at radius 1 is 0.847 bits per heavy atom. The molecular formula is C42H43F4N9O4. The number of piperidine rings is 1. The molecule has 13 nitrogen and oxygen atoms in total. The second kappa shape index (κ2) is 18.5. The molecule has 59 heavy (non-hydrogen) atoms. The number of aromatic nitrogens is 3. The molecule has 2 fully saturated rings. The number of pyridine rings is 1. The molecule has 2 atom stereocenters. The van der Waals surface area contributed by atoms with Gasteiger partial charge in [0.15, 0.2) is 0 Å². The minimum atomic E-state index is -4.59. The van der Waals surface area contributed by atoms with Crippen molar-refractivity contribution in [2.24, 2.45) is 0 Å². The van der Waals surface area contributed by atoms with E-state index in [2.05, 4.69) is 35.8 Å². The van der Waals surface area contributed by atoms with Crippen molar-refractivity contribution in [2.45, 2.75) is 38.0 Å². The average Bonchev–Trinajstić information content (AvgIpc) is 3.22. The molecule has 0 spiro atoms. The Morgan fingerprint density at radius 3 is 2.36 bits per heavy atom. The number of nitrogens with one attached hydrogen (secondary N) is 3. The molecule has 0 radical (unpaired) electrons. The van der Waals surface area contributed by atoms with Crippen LogP contribution in [-0.2, 0) is 24.1 Å². The predicted molar refractivity (Wildman–Crippen MR) is 214 cm³/mol. The van der Waals surface area contributed by atoms with Crippen molar-refractivity contribution in [3.8, 4) is 22.9 Å². The van der Waals surface area contributed by atoms with E-state index in [4.69, 9.17) is 9.47 Å². The topological polar surface area (TPSA) is 137 Å². The molecule has 4 heterocycles. The van der Waals surface area contributed by atoms with Crippen LogP contribution < -0.4 is 20.7 Å². The average molecular weight is 814 g/mol. The Hall–Kier alpha value is -6.33. The van der Waals surface area contributed by atoms with Crippen LogP contribution in [0.2, 0.25) is 0 Å². The van der Waals surface area contributed by atoms with Gasteiger partial charge >= 0.3 is 18.3 Å². The fraction of sp³-hybridized carbons (Fsp3) is 0.310. The normalized spacial score (nSPS) is 17.5. The summed E-state index contributed by atoms with van der Waals surface area (Å²) in [6.45, 7) is 3.27. The maximum absolute atomic E-state index is 14.8. The molecule has 17 heteroatoms. The first-order chi connectivity index (χ1) is 28.4. The summed E-state index contributed by atoms with van der Waals surface area (Å²) in [6, 6.07) is 23.4. The highest BCUT2D eigenvalue weighted by Crippen LogP contribution is 2.35. The van der Waals surface area contributed by atoms with Gasteiger partial charge in [-0.3, -0.25) is 4.90 Å². The molecule has 3 amide bonds. The van der Waals surface area contributed by atoms with Gasteiger partial charge in [-0.05, 0) is 72.8 Å². The number of rotatable bonds is 11. The molecule has 5 aromatic rings. The summed E-state index contributed by atoms with van der Waals surface area (Å²) >= 11 is 0. The van der Waals surface area contributed by atoms with Crippen LogP contribution in [-0.4, -0.2) is 100 Å². The fourth-order valence-corrected chi connectivity index (χ4v) is 6.84. The molecule has 3 aromatic carbocycles. The fourth-order valence-electron chi connectivity index (χ4n) is 6.84. The van der Waals surface area contributed by atoms with Crippen molar-refractivity contribution >= 4 is 29.4 Å². The molecule has 2 aromatic heterocycles. The maximum atomic E-state index is 14.8. The van der Waals surface area contributed by atoms with Crippen molar-refractivity contribution in [3.63, 3.8) is 0 Å². The number of hydrogen-bond acceptors (Lipinski definition) is 10. The highest BCUT2D eigenvalue weighted by atomic mass is 19.4. The molecule has 0 saturated carbocycles. The third kappa shape index (κ3) is 11.2. The van der Waals surface area contributed by atoms with Crippen LogP contribution in [0.1, 0.15) is 23.1 Å². The number of benzene rings is 3. The Bertz CT molecular complexity index is 2210. The zero-order chi connectivity index (χ0) is 41.4. The van der Waals surface area contributed by atoms with Gasteiger partial charge in [-0.1, -0.05) is 36.4 Å². The van der Waals surface area contributed by atoms with Crippen LogP contribution in [0.4, 0.5) is 44.5 Å². The summed E-state index contributed by atoms with van der Waals surface area (Å²) in [5, 5.41) is 8.28. The zero-order valence-corrected chi connectivity index (χ0v) is 32.2. The lowest BCUT2D eigenvalue weighted by Crippen LogP contribution is -2.50. The number of alkyl halides is 4. The van der Waals surface area contributed by atoms with Gasteiger partial charge < -0.3 is 35.2 Å². The number of carbonyl (C=O) groups excluding carboxylic acids is 2. The number of likely N-dealkylation sites (N-methyl/N-ethyl adjacent to an activating group) is 1. The van der Waals surface area contributed by atoms with Crippen molar-refractivity contribution in [3.05, 3.63) is 120 Å². The lowest BCUT2D eigenvalue weighted by atomic mass is 10.0. The minimum Gasteiger partial charge on any atom is -0.445 e. The summed E-state index contributed by atoms with van der Waals surface area (Å²) in [4.78, 5) is 44.4. The monoisotopic (exact) mass is 813 g/mol. The number of anilines is 3. The molecule has 0 unspecified atom stereocenters. The first-order valence-corrected chi connectivity index (χ1v) is 19.1. The Kier molecular flexibility index (Phi) is 12.8. The van der Waals surface area contributed by atoms with E-state index in [1.807, 2.05) is 42.3 Å². The maximum Gasteiger partial charge on any atom is 0.416 e. The number of nitrogens with zero attached hydrogens (tertiary/aromatic N) is 6. The molecule has 2 aliphatic rings. The van der Waals surface area contributed by atoms with Gasteiger partial charge in [-0.15, -0.1) is 0 Å². The first-order valence-electron chi connectivity index (χ1n) is 19.1. The Balaban J connectivity index is 0.950. The highest BCUT2D eigenvalue weighted by Gasteiger charge is 2.35. The van der Waals surface area contributed by atoms with E-state index in [9.17, 15) is 27.2 Å². The smallest absolute Gasteiger partial charge is 0.416 e. The minimum absolute atomic E-state index is 0.00854. The van der Waals surface area contributed by atoms with Crippen molar-refractivity contribution in [1.29, 1.82) is 0 Å². The van der Waals surface area contributed by atoms with Gasteiger partial charge in [0.05, 0.1) is 23.4 Å². The van der Waals surface area contributed by atoms with Crippen molar-refractivity contribution < 1.29 is 36.6 Å². The molecule has 0 bridgehead atoms. The number of amides is 3. The first kappa shape index (κ1) is 40.9. The summed E-state index contributed by atoms with van der Waals surface area (Å²) in [5.74, 6) is 0.824. The number of piperazine rings is 1. The van der Waals surface area contributed by atoms with E-state index in [1.54, 1.807) is 54.9 Å². The van der Waals surface area contributed by atoms with Gasteiger partial charge in [0, 0.05) is 75.5 Å². The third-order valence-corrected chi connectivity index (χ3v) is 9.89. The third-order valence-electron chi connectivity index (χ3n) is 9.89. The van der Waals surface area contributed by atoms with Gasteiger partial charge in [0.1, 0.15) is 18.5 Å². The molecular weight excluding hydrogens is 771 g/mol. The molecule has 2 saturated heterocycles. The Labute approximate surface area is 338 Å². The summed E-state index contributed by atoms with van der Waals surface area (Å²) < 4.78 is 68.5.